The molecule has 1 aliphatic rings. The Balaban J connectivity index is 1.82. The van der Waals surface area contributed by atoms with E-state index in [1.807, 2.05) is 0 Å². The molecule has 2 N–H and O–H groups in total. The molecular formula is C18H33N5OS. The zero-order chi connectivity index (χ0) is 18.2. The summed E-state index contributed by atoms with van der Waals surface area (Å²) in [7, 11) is 0. The maximum absolute atomic E-state index is 5.52. The molecule has 2 atom stereocenters. The van der Waals surface area contributed by atoms with E-state index in [0.717, 1.165) is 57.5 Å². The molecule has 6 nitrogen and oxygen atoms in total. The third-order valence-electron chi connectivity index (χ3n) is 4.55. The van der Waals surface area contributed by atoms with Crippen LogP contribution >= 0.6 is 11.3 Å². The van der Waals surface area contributed by atoms with Crippen molar-refractivity contribution in [3.8, 4) is 0 Å². The topological polar surface area (TPSA) is 61.8 Å². The second kappa shape index (κ2) is 10.1. The number of thiazole rings is 1. The monoisotopic (exact) mass is 367 g/mol. The van der Waals surface area contributed by atoms with Crippen LogP contribution in [0.15, 0.2) is 4.99 Å². The number of rotatable bonds is 7. The standard InChI is InChI=1S/C18H33N5OS/c1-6-19-18(20-8-7-17-22-15(4)16(5)25-17)21-11-13(2)23-9-10-24-12-14(23)3/h13-14H,6-12H2,1-5H3,(H2,19,20,21). The fourth-order valence-corrected chi connectivity index (χ4v) is 3.93. The first-order chi connectivity index (χ1) is 12.0. The highest BCUT2D eigenvalue weighted by Gasteiger charge is 2.23. The molecule has 1 aliphatic heterocycles. The predicted octanol–water partition coefficient (Wildman–Crippen LogP) is 1.97. The molecule has 1 aromatic heterocycles. The van der Waals surface area contributed by atoms with Crippen LogP contribution in [0.25, 0.3) is 0 Å². The Hall–Kier alpha value is -1.18. The van der Waals surface area contributed by atoms with E-state index in [1.54, 1.807) is 11.3 Å². The molecule has 2 rings (SSSR count). The van der Waals surface area contributed by atoms with Crippen LogP contribution in [0.5, 0.6) is 0 Å². The zero-order valence-electron chi connectivity index (χ0n) is 16.3. The molecule has 0 aliphatic carbocycles. The normalized spacial score (nSPS) is 20.5. The van der Waals surface area contributed by atoms with E-state index in [-0.39, 0.29) is 0 Å². The minimum atomic E-state index is 0.415. The van der Waals surface area contributed by atoms with Crippen LogP contribution in [-0.2, 0) is 11.2 Å². The molecule has 142 valence electrons. The van der Waals surface area contributed by atoms with Gasteiger partial charge in [-0.2, -0.15) is 0 Å². The van der Waals surface area contributed by atoms with Crippen molar-refractivity contribution in [2.24, 2.45) is 4.99 Å². The zero-order valence-corrected chi connectivity index (χ0v) is 17.1. The molecule has 0 amide bonds. The number of morpholine rings is 1. The summed E-state index contributed by atoms with van der Waals surface area (Å²) in [6, 6.07) is 0.879. The summed E-state index contributed by atoms with van der Waals surface area (Å²) in [5.41, 5.74) is 1.15. The van der Waals surface area contributed by atoms with E-state index in [2.05, 4.69) is 55.1 Å². The van der Waals surface area contributed by atoms with E-state index in [4.69, 9.17) is 9.73 Å². The Morgan fingerprint density at radius 1 is 1.44 bits per heavy atom. The highest BCUT2D eigenvalue weighted by atomic mass is 32.1. The lowest BCUT2D eigenvalue weighted by atomic mass is 10.2. The van der Waals surface area contributed by atoms with E-state index in [9.17, 15) is 0 Å². The lowest BCUT2D eigenvalue weighted by Gasteiger charge is -2.37. The first-order valence-electron chi connectivity index (χ1n) is 9.29. The van der Waals surface area contributed by atoms with Gasteiger partial charge in [0.1, 0.15) is 0 Å². The van der Waals surface area contributed by atoms with Gasteiger partial charge in [-0.15, -0.1) is 11.3 Å². The van der Waals surface area contributed by atoms with Crippen LogP contribution < -0.4 is 10.6 Å². The summed E-state index contributed by atoms with van der Waals surface area (Å²) in [5.74, 6) is 0.889. The van der Waals surface area contributed by atoms with E-state index in [1.165, 1.54) is 9.88 Å². The van der Waals surface area contributed by atoms with Crippen molar-refractivity contribution in [1.82, 2.24) is 20.5 Å². The van der Waals surface area contributed by atoms with Crippen LogP contribution in [0.2, 0.25) is 0 Å². The highest BCUT2D eigenvalue weighted by molar-refractivity contribution is 7.11. The SMILES string of the molecule is CCNC(=NCC(C)N1CCOCC1C)NCCc1nc(C)c(C)s1. The Morgan fingerprint density at radius 2 is 2.24 bits per heavy atom. The van der Waals surface area contributed by atoms with Crippen LogP contribution in [-0.4, -0.2) is 67.3 Å². The van der Waals surface area contributed by atoms with Crippen LogP contribution in [0.3, 0.4) is 0 Å². The third-order valence-corrected chi connectivity index (χ3v) is 5.68. The maximum atomic E-state index is 5.52. The van der Waals surface area contributed by atoms with Crippen molar-refractivity contribution >= 4 is 17.3 Å². The smallest absolute Gasteiger partial charge is 0.191 e. The Labute approximate surface area is 156 Å². The second-order valence-corrected chi connectivity index (χ2v) is 7.94. The number of ether oxygens (including phenoxy) is 1. The summed E-state index contributed by atoms with van der Waals surface area (Å²) < 4.78 is 5.52. The molecule has 7 heteroatoms. The number of aliphatic imine (C=N–C) groups is 1. The Kier molecular flexibility index (Phi) is 8.12. The van der Waals surface area contributed by atoms with Gasteiger partial charge in [-0.05, 0) is 34.6 Å². The fraction of sp³-hybridized carbons (Fsp3) is 0.778. The van der Waals surface area contributed by atoms with Gasteiger partial charge in [0.2, 0.25) is 0 Å². The van der Waals surface area contributed by atoms with Crippen molar-refractivity contribution in [1.29, 1.82) is 0 Å². The fourth-order valence-electron chi connectivity index (χ4n) is 3.00. The molecule has 2 unspecified atom stereocenters. The van der Waals surface area contributed by atoms with Gasteiger partial charge in [0, 0.05) is 43.0 Å². The van der Waals surface area contributed by atoms with Gasteiger partial charge in [0.05, 0.1) is 30.5 Å². The Bertz CT molecular complexity index is 540. The van der Waals surface area contributed by atoms with Crippen LogP contribution in [0.1, 0.15) is 36.3 Å². The van der Waals surface area contributed by atoms with Gasteiger partial charge in [-0.3, -0.25) is 9.89 Å². The largest absolute Gasteiger partial charge is 0.379 e. The lowest BCUT2D eigenvalue weighted by Crippen LogP contribution is -2.49. The van der Waals surface area contributed by atoms with E-state index in [0.29, 0.717) is 12.1 Å². The molecule has 0 saturated carbocycles. The number of nitrogens with one attached hydrogen (secondary N) is 2. The molecule has 0 aromatic carbocycles. The van der Waals surface area contributed by atoms with Gasteiger partial charge >= 0.3 is 0 Å². The summed E-state index contributed by atoms with van der Waals surface area (Å²) in [6.07, 6.45) is 0.930. The summed E-state index contributed by atoms with van der Waals surface area (Å²) in [6.45, 7) is 15.9. The maximum Gasteiger partial charge on any atom is 0.191 e. The molecule has 0 bridgehead atoms. The first kappa shape index (κ1) is 20.1. The van der Waals surface area contributed by atoms with Crippen LogP contribution in [0, 0.1) is 13.8 Å². The predicted molar refractivity (Wildman–Crippen MR) is 106 cm³/mol. The number of nitrogens with zero attached hydrogens (tertiary/aromatic N) is 3. The van der Waals surface area contributed by atoms with Crippen molar-refractivity contribution in [2.75, 3.05) is 39.4 Å². The minimum Gasteiger partial charge on any atom is -0.379 e. The van der Waals surface area contributed by atoms with Crippen molar-refractivity contribution in [3.63, 3.8) is 0 Å². The summed E-state index contributed by atoms with van der Waals surface area (Å²) in [5, 5.41) is 7.95. The van der Waals surface area contributed by atoms with E-state index < -0.39 is 0 Å². The van der Waals surface area contributed by atoms with E-state index >= 15 is 0 Å². The summed E-state index contributed by atoms with van der Waals surface area (Å²) in [4.78, 5) is 13.2. The van der Waals surface area contributed by atoms with Gasteiger partial charge in [-0.1, -0.05) is 0 Å². The number of guanidine groups is 1. The molecule has 0 spiro atoms. The first-order valence-corrected chi connectivity index (χ1v) is 10.1. The Morgan fingerprint density at radius 3 is 2.88 bits per heavy atom. The third kappa shape index (κ3) is 6.24. The van der Waals surface area contributed by atoms with Crippen molar-refractivity contribution in [3.05, 3.63) is 15.6 Å². The lowest BCUT2D eigenvalue weighted by molar-refractivity contribution is -0.0165. The molecular weight excluding hydrogens is 334 g/mol. The number of aromatic nitrogens is 1. The average Bonchev–Trinajstić information content (AvgIpc) is 2.90. The quantitative estimate of drug-likeness (QED) is 0.570. The van der Waals surface area contributed by atoms with Crippen LogP contribution in [0.4, 0.5) is 0 Å². The van der Waals surface area contributed by atoms with Gasteiger partial charge in [-0.25, -0.2) is 4.98 Å². The number of hydrogen-bond acceptors (Lipinski definition) is 5. The molecule has 1 saturated heterocycles. The number of aryl methyl sites for hydroxylation is 2. The molecule has 1 fully saturated rings. The molecule has 0 radical (unpaired) electrons. The van der Waals surface area contributed by atoms with Gasteiger partial charge < -0.3 is 15.4 Å². The molecule has 2 heterocycles. The van der Waals surface area contributed by atoms with Gasteiger partial charge in [0.15, 0.2) is 5.96 Å². The second-order valence-electron chi connectivity index (χ2n) is 6.66. The average molecular weight is 368 g/mol. The molecule has 1 aromatic rings. The van der Waals surface area contributed by atoms with Crippen molar-refractivity contribution < 1.29 is 4.74 Å². The van der Waals surface area contributed by atoms with Crippen molar-refractivity contribution in [2.45, 2.75) is 53.1 Å². The highest BCUT2D eigenvalue weighted by Crippen LogP contribution is 2.16. The number of hydrogen-bond donors (Lipinski definition) is 2. The minimum absolute atomic E-state index is 0.415. The molecule has 25 heavy (non-hydrogen) atoms. The van der Waals surface area contributed by atoms with Gasteiger partial charge in [0.25, 0.3) is 0 Å². The summed E-state index contributed by atoms with van der Waals surface area (Å²) >= 11 is 1.79.